The van der Waals surface area contributed by atoms with E-state index < -0.39 is 36.7 Å². The van der Waals surface area contributed by atoms with Gasteiger partial charge in [-0.1, -0.05) is 91.0 Å². The molecule has 3 aromatic carbocycles. The van der Waals surface area contributed by atoms with E-state index in [4.69, 9.17) is 23.7 Å². The van der Waals surface area contributed by atoms with Gasteiger partial charge in [0.2, 0.25) is 0 Å². The molecule has 0 saturated carbocycles. The average molecular weight is 493 g/mol. The topological polar surface area (TPSA) is 83.5 Å². The Morgan fingerprint density at radius 1 is 0.722 bits per heavy atom. The quantitative estimate of drug-likeness (QED) is 0.405. The van der Waals surface area contributed by atoms with Crippen molar-refractivity contribution in [2.24, 2.45) is 0 Å². The van der Waals surface area contributed by atoms with E-state index in [1.807, 2.05) is 91.0 Å². The van der Waals surface area contributed by atoms with E-state index in [0.717, 1.165) is 16.7 Å². The molecular formula is C29H32O7. The van der Waals surface area contributed by atoms with Gasteiger partial charge in [-0.25, -0.2) is 0 Å². The molecule has 1 fully saturated rings. The van der Waals surface area contributed by atoms with E-state index in [9.17, 15) is 9.90 Å². The van der Waals surface area contributed by atoms with Crippen molar-refractivity contribution in [1.82, 2.24) is 0 Å². The highest BCUT2D eigenvalue weighted by Crippen LogP contribution is 2.29. The number of hydrogen-bond donors (Lipinski definition) is 1. The third kappa shape index (κ3) is 7.46. The minimum Gasteiger partial charge on any atom is -0.454 e. The summed E-state index contributed by atoms with van der Waals surface area (Å²) in [6, 6.07) is 29.2. The van der Waals surface area contributed by atoms with Crippen LogP contribution in [0.5, 0.6) is 0 Å². The molecule has 4 rings (SSSR count). The Hall–Kier alpha value is -3.07. The molecule has 1 heterocycles. The Labute approximate surface area is 211 Å². The van der Waals surface area contributed by atoms with Crippen molar-refractivity contribution in [3.05, 3.63) is 108 Å². The van der Waals surface area contributed by atoms with Crippen LogP contribution in [0.3, 0.4) is 0 Å². The number of esters is 1. The van der Waals surface area contributed by atoms with Crippen LogP contribution in [0.4, 0.5) is 0 Å². The molecule has 1 N–H and O–H groups in total. The maximum absolute atomic E-state index is 11.9. The van der Waals surface area contributed by atoms with Crippen molar-refractivity contribution in [1.29, 1.82) is 0 Å². The van der Waals surface area contributed by atoms with Gasteiger partial charge in [0.25, 0.3) is 0 Å². The normalized spacial score (nSPS) is 23.8. The predicted octanol–water partition coefficient (Wildman–Crippen LogP) is 4.02. The Morgan fingerprint density at radius 2 is 1.19 bits per heavy atom. The summed E-state index contributed by atoms with van der Waals surface area (Å²) in [4.78, 5) is 11.9. The summed E-state index contributed by atoms with van der Waals surface area (Å²) in [6.45, 7) is 2.36. The van der Waals surface area contributed by atoms with Gasteiger partial charge in [-0.05, 0) is 16.7 Å². The van der Waals surface area contributed by atoms with Crippen molar-refractivity contribution in [2.75, 3.05) is 6.61 Å². The van der Waals surface area contributed by atoms with Crippen LogP contribution >= 0.6 is 0 Å². The van der Waals surface area contributed by atoms with Gasteiger partial charge in [0.15, 0.2) is 12.4 Å². The number of rotatable bonds is 11. The summed E-state index contributed by atoms with van der Waals surface area (Å²) in [5, 5.41) is 10.8. The summed E-state index contributed by atoms with van der Waals surface area (Å²) in [5.74, 6) is -0.545. The molecule has 1 saturated heterocycles. The highest BCUT2D eigenvalue weighted by atomic mass is 16.7. The third-order valence-electron chi connectivity index (χ3n) is 5.88. The number of aliphatic hydroxyl groups is 1. The SMILES string of the molecule is CC(=O)OC1[C@H](O)OC(COCc2ccccc2)[C@@H](OCc2ccccc2)[C@H]1OCc1ccccc1. The number of benzene rings is 3. The van der Waals surface area contributed by atoms with Gasteiger partial charge in [0.1, 0.15) is 18.3 Å². The zero-order valence-electron chi connectivity index (χ0n) is 20.3. The Balaban J connectivity index is 1.53. The van der Waals surface area contributed by atoms with Crippen LogP contribution in [-0.2, 0) is 48.3 Å². The number of aliphatic hydroxyl groups excluding tert-OH is 1. The molecule has 0 aliphatic carbocycles. The van der Waals surface area contributed by atoms with Gasteiger partial charge in [0.05, 0.1) is 26.4 Å². The van der Waals surface area contributed by atoms with Gasteiger partial charge in [-0.15, -0.1) is 0 Å². The maximum Gasteiger partial charge on any atom is 0.303 e. The van der Waals surface area contributed by atoms with Crippen molar-refractivity contribution in [3.63, 3.8) is 0 Å². The Bertz CT molecular complexity index is 1040. The van der Waals surface area contributed by atoms with Gasteiger partial charge < -0.3 is 28.8 Å². The van der Waals surface area contributed by atoms with E-state index in [1.165, 1.54) is 6.92 Å². The largest absolute Gasteiger partial charge is 0.454 e. The van der Waals surface area contributed by atoms with Gasteiger partial charge in [0, 0.05) is 6.92 Å². The molecule has 1 aliphatic rings. The van der Waals surface area contributed by atoms with Crippen molar-refractivity contribution < 1.29 is 33.6 Å². The van der Waals surface area contributed by atoms with Crippen molar-refractivity contribution in [2.45, 2.75) is 57.5 Å². The first-order valence-corrected chi connectivity index (χ1v) is 12.0. The van der Waals surface area contributed by atoms with Crippen LogP contribution in [0.15, 0.2) is 91.0 Å². The fourth-order valence-electron chi connectivity index (χ4n) is 4.14. The predicted molar refractivity (Wildman–Crippen MR) is 133 cm³/mol. The van der Waals surface area contributed by atoms with E-state index in [1.54, 1.807) is 0 Å². The highest BCUT2D eigenvalue weighted by molar-refractivity contribution is 5.66. The first kappa shape index (κ1) is 26.0. The fourth-order valence-corrected chi connectivity index (χ4v) is 4.14. The lowest BCUT2D eigenvalue weighted by atomic mass is 9.98. The van der Waals surface area contributed by atoms with Crippen molar-refractivity contribution in [3.8, 4) is 0 Å². The second-order valence-electron chi connectivity index (χ2n) is 8.66. The smallest absolute Gasteiger partial charge is 0.303 e. The zero-order valence-corrected chi connectivity index (χ0v) is 20.3. The van der Waals surface area contributed by atoms with Gasteiger partial charge >= 0.3 is 5.97 Å². The minimum absolute atomic E-state index is 0.156. The standard InChI is InChI=1S/C29H32O7/c1-21(30)35-28-27(34-19-24-15-9-4-10-16-24)26(33-18-23-13-7-3-8-14-23)25(36-29(28)31)20-32-17-22-11-5-2-6-12-22/h2-16,25-29,31H,17-20H2,1H3/t25?,26-,27-,28?,29-/m1/s1. The lowest BCUT2D eigenvalue weighted by Gasteiger charge is -2.44. The second-order valence-corrected chi connectivity index (χ2v) is 8.66. The van der Waals surface area contributed by atoms with Gasteiger partial charge in [-0.3, -0.25) is 4.79 Å². The van der Waals surface area contributed by atoms with Crippen LogP contribution in [0.1, 0.15) is 23.6 Å². The number of hydrogen-bond acceptors (Lipinski definition) is 7. The lowest BCUT2D eigenvalue weighted by molar-refractivity contribution is -0.309. The molecule has 2 unspecified atom stereocenters. The van der Waals surface area contributed by atoms with E-state index in [0.29, 0.717) is 6.61 Å². The molecule has 1 aliphatic heterocycles. The molecule has 0 amide bonds. The first-order chi connectivity index (χ1) is 17.6. The van der Waals surface area contributed by atoms with Crippen LogP contribution in [0.25, 0.3) is 0 Å². The van der Waals surface area contributed by atoms with Crippen LogP contribution in [0.2, 0.25) is 0 Å². The Morgan fingerprint density at radius 3 is 1.69 bits per heavy atom. The summed E-state index contributed by atoms with van der Waals surface area (Å²) in [5.41, 5.74) is 2.93. The fraction of sp³-hybridized carbons (Fsp3) is 0.345. The van der Waals surface area contributed by atoms with Crippen LogP contribution in [-0.4, -0.2) is 48.4 Å². The van der Waals surface area contributed by atoms with Crippen molar-refractivity contribution >= 4 is 5.97 Å². The van der Waals surface area contributed by atoms with E-state index in [2.05, 4.69) is 0 Å². The third-order valence-corrected chi connectivity index (χ3v) is 5.88. The number of ether oxygens (including phenoxy) is 5. The summed E-state index contributed by atoms with van der Waals surface area (Å²) in [7, 11) is 0. The summed E-state index contributed by atoms with van der Waals surface area (Å²) >= 11 is 0. The summed E-state index contributed by atoms with van der Waals surface area (Å²) in [6.07, 6.45) is -4.56. The molecule has 36 heavy (non-hydrogen) atoms. The molecule has 7 nitrogen and oxygen atoms in total. The number of carbonyl (C=O) groups excluding carboxylic acids is 1. The first-order valence-electron chi connectivity index (χ1n) is 12.0. The van der Waals surface area contributed by atoms with Crippen LogP contribution < -0.4 is 0 Å². The molecule has 190 valence electrons. The molecule has 0 radical (unpaired) electrons. The monoisotopic (exact) mass is 492 g/mol. The summed E-state index contributed by atoms with van der Waals surface area (Å²) < 4.78 is 29.8. The average Bonchev–Trinajstić information content (AvgIpc) is 2.90. The van der Waals surface area contributed by atoms with E-state index in [-0.39, 0.29) is 19.8 Å². The maximum atomic E-state index is 11.9. The lowest BCUT2D eigenvalue weighted by Crippen LogP contribution is -2.61. The minimum atomic E-state index is -1.39. The molecule has 0 spiro atoms. The molecule has 0 bridgehead atoms. The van der Waals surface area contributed by atoms with Crippen LogP contribution in [0, 0.1) is 0 Å². The molecular weight excluding hydrogens is 460 g/mol. The number of carbonyl (C=O) groups is 1. The highest BCUT2D eigenvalue weighted by Gasteiger charge is 2.49. The van der Waals surface area contributed by atoms with E-state index >= 15 is 0 Å². The molecule has 0 aromatic heterocycles. The molecule has 3 aromatic rings. The molecule has 7 heteroatoms. The zero-order chi connectivity index (χ0) is 25.2. The molecule has 5 atom stereocenters. The Kier molecular flexibility index (Phi) is 9.61. The van der Waals surface area contributed by atoms with Gasteiger partial charge in [-0.2, -0.15) is 0 Å². The second kappa shape index (κ2) is 13.3.